The Labute approximate surface area is 132 Å². The van der Waals surface area contributed by atoms with E-state index in [1.54, 1.807) is 4.68 Å². The number of hydrogen-bond acceptors (Lipinski definition) is 3. The molecular formula is C15H19BrN4O. The largest absolute Gasteiger partial charge is 0.396 e. The minimum absolute atomic E-state index is 0.118. The maximum absolute atomic E-state index is 12.1. The first-order valence-corrected chi connectivity index (χ1v) is 7.73. The predicted octanol–water partition coefficient (Wildman–Crippen LogP) is 2.99. The predicted molar refractivity (Wildman–Crippen MR) is 88.2 cm³/mol. The number of nitrogens with zero attached hydrogens (tertiary/aromatic N) is 2. The first-order chi connectivity index (χ1) is 10.0. The molecule has 0 radical (unpaired) electrons. The van der Waals surface area contributed by atoms with Crippen molar-refractivity contribution in [1.29, 1.82) is 0 Å². The maximum Gasteiger partial charge on any atom is 0.246 e. The molecule has 0 bridgehead atoms. The van der Waals surface area contributed by atoms with E-state index in [4.69, 9.17) is 5.73 Å². The minimum atomic E-state index is -0.118. The summed E-state index contributed by atoms with van der Waals surface area (Å²) in [4.78, 5) is 12.1. The van der Waals surface area contributed by atoms with Gasteiger partial charge in [0.1, 0.15) is 6.54 Å². The highest BCUT2D eigenvalue weighted by Gasteiger charge is 2.15. The zero-order valence-electron chi connectivity index (χ0n) is 12.2. The van der Waals surface area contributed by atoms with Gasteiger partial charge in [-0.2, -0.15) is 5.10 Å². The Kier molecular flexibility index (Phi) is 5.01. The second kappa shape index (κ2) is 6.76. The van der Waals surface area contributed by atoms with E-state index in [2.05, 4.69) is 26.3 Å². The summed E-state index contributed by atoms with van der Waals surface area (Å²) in [7, 11) is 0. The van der Waals surface area contributed by atoms with Crippen molar-refractivity contribution in [2.75, 3.05) is 11.1 Å². The van der Waals surface area contributed by atoms with Crippen molar-refractivity contribution < 1.29 is 4.79 Å². The molecule has 0 spiro atoms. The van der Waals surface area contributed by atoms with E-state index in [1.807, 2.05) is 38.1 Å². The summed E-state index contributed by atoms with van der Waals surface area (Å²) in [5, 5.41) is 7.28. The molecule has 0 saturated heterocycles. The second-order valence-corrected chi connectivity index (χ2v) is 5.65. The number of carbonyl (C=O) groups excluding carboxylic acids is 1. The van der Waals surface area contributed by atoms with Crippen molar-refractivity contribution in [3.05, 3.63) is 40.1 Å². The number of halogens is 1. The molecule has 0 atom stereocenters. The van der Waals surface area contributed by atoms with Gasteiger partial charge in [-0.1, -0.05) is 35.8 Å². The van der Waals surface area contributed by atoms with E-state index in [-0.39, 0.29) is 12.5 Å². The number of nitrogen functional groups attached to an aromatic ring is 1. The average Bonchev–Trinajstić information content (AvgIpc) is 2.74. The Morgan fingerprint density at radius 2 is 2.14 bits per heavy atom. The molecule has 1 aromatic carbocycles. The molecule has 0 aliphatic heterocycles. The van der Waals surface area contributed by atoms with Gasteiger partial charge in [-0.3, -0.25) is 9.48 Å². The molecule has 0 aliphatic rings. The van der Waals surface area contributed by atoms with Gasteiger partial charge in [0.25, 0.3) is 0 Å². The van der Waals surface area contributed by atoms with Crippen molar-refractivity contribution in [3.8, 4) is 0 Å². The van der Waals surface area contributed by atoms with Gasteiger partial charge in [0, 0.05) is 10.2 Å². The second-order valence-electron chi connectivity index (χ2n) is 4.73. The molecule has 6 heteroatoms. The van der Waals surface area contributed by atoms with Gasteiger partial charge in [0.05, 0.1) is 17.1 Å². The molecule has 21 heavy (non-hydrogen) atoms. The molecule has 0 fully saturated rings. The van der Waals surface area contributed by atoms with E-state index in [1.165, 1.54) is 0 Å². The fourth-order valence-electron chi connectivity index (χ4n) is 2.23. The van der Waals surface area contributed by atoms with Crippen LogP contribution in [0.2, 0.25) is 0 Å². The molecule has 112 valence electrons. The topological polar surface area (TPSA) is 72.9 Å². The van der Waals surface area contributed by atoms with E-state index >= 15 is 0 Å². The summed E-state index contributed by atoms with van der Waals surface area (Å²) in [5.41, 5.74) is 9.27. The molecule has 1 heterocycles. The van der Waals surface area contributed by atoms with E-state index < -0.39 is 0 Å². The fraction of sp³-hybridized carbons (Fsp3) is 0.333. The first-order valence-electron chi connectivity index (χ1n) is 6.94. The first kappa shape index (κ1) is 15.6. The smallest absolute Gasteiger partial charge is 0.246 e. The molecule has 5 nitrogen and oxygen atoms in total. The molecule has 1 aromatic heterocycles. The van der Waals surface area contributed by atoms with E-state index in [0.717, 1.165) is 34.4 Å². The van der Waals surface area contributed by atoms with Crippen molar-refractivity contribution in [2.45, 2.75) is 33.2 Å². The summed E-state index contributed by atoms with van der Waals surface area (Å²) < 4.78 is 2.62. The van der Waals surface area contributed by atoms with Crippen LogP contribution in [0.4, 0.5) is 11.4 Å². The van der Waals surface area contributed by atoms with Gasteiger partial charge >= 0.3 is 0 Å². The summed E-state index contributed by atoms with van der Waals surface area (Å²) in [5.74, 6) is -0.118. The quantitative estimate of drug-likeness (QED) is 0.870. The molecule has 0 saturated carbocycles. The van der Waals surface area contributed by atoms with Gasteiger partial charge in [0.15, 0.2) is 0 Å². The highest BCUT2D eigenvalue weighted by atomic mass is 79.9. The van der Waals surface area contributed by atoms with Crippen molar-refractivity contribution in [1.82, 2.24) is 9.78 Å². The summed E-state index contributed by atoms with van der Waals surface area (Å²) >= 11 is 3.38. The number of anilines is 2. The maximum atomic E-state index is 12.1. The lowest BCUT2D eigenvalue weighted by atomic mass is 10.2. The average molecular weight is 351 g/mol. The van der Waals surface area contributed by atoms with Crippen LogP contribution in [0.25, 0.3) is 0 Å². The summed E-state index contributed by atoms with van der Waals surface area (Å²) in [6, 6.07) is 7.48. The molecule has 1 amide bonds. The Morgan fingerprint density at radius 1 is 1.38 bits per heavy atom. The minimum Gasteiger partial charge on any atom is -0.396 e. The summed E-state index contributed by atoms with van der Waals surface area (Å²) in [6.45, 7) is 4.18. The number of carbonyl (C=O) groups is 1. The van der Waals surface area contributed by atoms with Crippen LogP contribution in [0.3, 0.4) is 0 Å². The van der Waals surface area contributed by atoms with E-state index in [0.29, 0.717) is 5.69 Å². The summed E-state index contributed by atoms with van der Waals surface area (Å²) in [6.07, 6.45) is 1.52. The number of nitrogens with two attached hydrogens (primary N) is 1. The lowest BCUT2D eigenvalue weighted by Gasteiger charge is -2.08. The van der Waals surface area contributed by atoms with Gasteiger partial charge in [-0.25, -0.2) is 0 Å². The highest BCUT2D eigenvalue weighted by molar-refractivity contribution is 9.10. The number of aromatic nitrogens is 2. The lowest BCUT2D eigenvalue weighted by Crippen LogP contribution is -2.21. The molecular weight excluding hydrogens is 332 g/mol. The third-order valence-corrected chi connectivity index (χ3v) is 3.74. The molecule has 3 N–H and O–H groups in total. The number of nitrogens with one attached hydrogen (secondary N) is 1. The van der Waals surface area contributed by atoms with Gasteiger partial charge in [-0.15, -0.1) is 0 Å². The molecule has 2 aromatic rings. The fourth-order valence-corrected chi connectivity index (χ4v) is 2.63. The Hall–Kier alpha value is -1.82. The van der Waals surface area contributed by atoms with Crippen molar-refractivity contribution in [3.63, 3.8) is 0 Å². The van der Waals surface area contributed by atoms with Crippen LogP contribution in [0, 0.1) is 0 Å². The third-order valence-electron chi connectivity index (χ3n) is 3.25. The number of amides is 1. The zero-order chi connectivity index (χ0) is 15.4. The highest BCUT2D eigenvalue weighted by Crippen LogP contribution is 2.19. The van der Waals surface area contributed by atoms with Crippen LogP contribution >= 0.6 is 15.9 Å². The number of rotatable bonds is 5. The Balaban J connectivity index is 2.13. The van der Waals surface area contributed by atoms with Crippen LogP contribution in [-0.4, -0.2) is 15.7 Å². The standard InChI is InChI=1S/C15H19BrN4O/c1-3-12-15(17)13(4-2)20(19-12)9-14(21)18-11-7-5-6-10(16)8-11/h5-8H,3-4,9,17H2,1-2H3,(H,18,21). The lowest BCUT2D eigenvalue weighted by molar-refractivity contribution is -0.116. The number of aryl methyl sites for hydroxylation is 1. The van der Waals surface area contributed by atoms with Gasteiger partial charge in [0.2, 0.25) is 5.91 Å². The monoisotopic (exact) mass is 350 g/mol. The van der Waals surface area contributed by atoms with Crippen LogP contribution in [0.5, 0.6) is 0 Å². The molecule has 0 aliphatic carbocycles. The normalized spacial score (nSPS) is 10.6. The van der Waals surface area contributed by atoms with Crippen molar-refractivity contribution >= 4 is 33.2 Å². The van der Waals surface area contributed by atoms with Crippen LogP contribution < -0.4 is 11.1 Å². The van der Waals surface area contributed by atoms with E-state index in [9.17, 15) is 4.79 Å². The third kappa shape index (κ3) is 3.64. The van der Waals surface area contributed by atoms with Gasteiger partial charge in [-0.05, 0) is 31.0 Å². The molecule has 0 unspecified atom stereocenters. The number of hydrogen-bond donors (Lipinski definition) is 2. The van der Waals surface area contributed by atoms with Crippen LogP contribution in [0.1, 0.15) is 25.2 Å². The van der Waals surface area contributed by atoms with Crippen LogP contribution in [-0.2, 0) is 24.2 Å². The number of benzene rings is 1. The SMILES string of the molecule is CCc1nn(CC(=O)Nc2cccc(Br)c2)c(CC)c1N. The Morgan fingerprint density at radius 3 is 2.76 bits per heavy atom. The van der Waals surface area contributed by atoms with Gasteiger partial charge < -0.3 is 11.1 Å². The van der Waals surface area contributed by atoms with Crippen molar-refractivity contribution in [2.24, 2.45) is 0 Å². The zero-order valence-corrected chi connectivity index (χ0v) is 13.8. The molecule has 2 rings (SSSR count). The van der Waals surface area contributed by atoms with Crippen LogP contribution in [0.15, 0.2) is 28.7 Å². The Bertz CT molecular complexity index is 651.